The molecular formula is C14H20N4O3. The zero-order valence-corrected chi connectivity index (χ0v) is 12.5. The van der Waals surface area contributed by atoms with E-state index in [-0.39, 0.29) is 5.91 Å². The number of amides is 1. The molecule has 1 aliphatic carbocycles. The number of nitrogens with zero attached hydrogens (tertiary/aromatic N) is 4. The Balaban J connectivity index is 1.70. The molecule has 2 aliphatic rings. The largest absolute Gasteiger partial charge is 0.481 e. The molecule has 0 bridgehead atoms. The third-order valence-electron chi connectivity index (χ3n) is 4.80. The number of rotatable bonds is 4. The smallest absolute Gasteiger partial charge is 0.307 e. The predicted molar refractivity (Wildman–Crippen MR) is 73.2 cm³/mol. The van der Waals surface area contributed by atoms with Crippen molar-refractivity contribution in [1.82, 2.24) is 19.7 Å². The lowest BCUT2D eigenvalue weighted by Gasteiger charge is -2.17. The van der Waals surface area contributed by atoms with Gasteiger partial charge in [-0.2, -0.15) is 0 Å². The molecule has 0 unspecified atom stereocenters. The van der Waals surface area contributed by atoms with Crippen LogP contribution in [0.5, 0.6) is 0 Å². The summed E-state index contributed by atoms with van der Waals surface area (Å²) >= 11 is 0. The number of hydrogen-bond donors (Lipinski definition) is 1. The van der Waals surface area contributed by atoms with Gasteiger partial charge >= 0.3 is 5.97 Å². The van der Waals surface area contributed by atoms with Crippen LogP contribution in [0.25, 0.3) is 0 Å². The van der Waals surface area contributed by atoms with Crippen molar-refractivity contribution in [1.29, 1.82) is 0 Å². The minimum atomic E-state index is -0.893. The molecule has 3 rings (SSSR count). The molecule has 21 heavy (non-hydrogen) atoms. The molecule has 114 valence electrons. The van der Waals surface area contributed by atoms with Crippen molar-refractivity contribution < 1.29 is 14.7 Å². The van der Waals surface area contributed by atoms with Crippen molar-refractivity contribution in [2.24, 2.45) is 17.3 Å². The molecule has 2 atom stereocenters. The maximum absolute atomic E-state index is 12.5. The first-order valence-corrected chi connectivity index (χ1v) is 7.22. The summed E-state index contributed by atoms with van der Waals surface area (Å²) in [4.78, 5) is 25.2. The Labute approximate surface area is 123 Å². The van der Waals surface area contributed by atoms with Gasteiger partial charge in [-0.25, -0.2) is 0 Å². The van der Waals surface area contributed by atoms with Crippen molar-refractivity contribution in [2.75, 3.05) is 7.05 Å². The number of fused-ring (bicyclic) bond motifs is 1. The lowest BCUT2D eigenvalue weighted by atomic mass is 10.1. The average Bonchev–Trinajstić information content (AvgIpc) is 2.76. The Hall–Kier alpha value is -1.92. The number of aryl methyl sites for hydroxylation is 1. The van der Waals surface area contributed by atoms with Crippen LogP contribution >= 0.6 is 0 Å². The summed E-state index contributed by atoms with van der Waals surface area (Å²) in [6.07, 6.45) is 1.99. The Kier molecular flexibility index (Phi) is 3.04. The van der Waals surface area contributed by atoms with Gasteiger partial charge in [0.15, 0.2) is 5.82 Å². The fraction of sp³-hybridized carbons (Fsp3) is 0.714. The predicted octanol–water partition coefficient (Wildman–Crippen LogP) is 0.539. The van der Waals surface area contributed by atoms with Crippen LogP contribution in [0.2, 0.25) is 0 Å². The molecule has 1 aromatic heterocycles. The van der Waals surface area contributed by atoms with Gasteiger partial charge in [-0.15, -0.1) is 10.2 Å². The maximum atomic E-state index is 12.5. The molecule has 2 heterocycles. The first-order chi connectivity index (χ1) is 9.84. The van der Waals surface area contributed by atoms with Gasteiger partial charge in [0, 0.05) is 20.0 Å². The van der Waals surface area contributed by atoms with E-state index < -0.39 is 23.2 Å². The number of aromatic nitrogens is 3. The van der Waals surface area contributed by atoms with E-state index in [0.29, 0.717) is 6.54 Å². The lowest BCUT2D eigenvalue weighted by Crippen LogP contribution is -2.30. The van der Waals surface area contributed by atoms with Crippen LogP contribution in [0, 0.1) is 17.3 Å². The molecule has 1 aliphatic heterocycles. The number of carboxylic acids is 1. The summed E-state index contributed by atoms with van der Waals surface area (Å²) in [6.45, 7) is 4.94. The molecule has 7 heteroatoms. The highest BCUT2D eigenvalue weighted by Gasteiger charge is 2.66. The second-order valence-corrected chi connectivity index (χ2v) is 6.60. The van der Waals surface area contributed by atoms with Gasteiger partial charge in [0.05, 0.1) is 18.4 Å². The highest BCUT2D eigenvalue weighted by Crippen LogP contribution is 2.58. The lowest BCUT2D eigenvalue weighted by molar-refractivity contribution is -0.141. The van der Waals surface area contributed by atoms with Crippen LogP contribution in [-0.2, 0) is 29.1 Å². The fourth-order valence-electron chi connectivity index (χ4n) is 3.41. The molecule has 0 aromatic carbocycles. The fourth-order valence-corrected chi connectivity index (χ4v) is 3.41. The molecule has 0 saturated heterocycles. The van der Waals surface area contributed by atoms with Crippen molar-refractivity contribution in [3.8, 4) is 0 Å². The molecule has 0 spiro atoms. The Bertz CT molecular complexity index is 607. The number of carbonyl (C=O) groups excluding carboxylic acids is 1. The number of hydrogen-bond acceptors (Lipinski definition) is 4. The molecule has 1 aromatic rings. The number of carboxylic acid groups (broad SMARTS) is 1. The van der Waals surface area contributed by atoms with E-state index >= 15 is 0 Å². The van der Waals surface area contributed by atoms with Gasteiger partial charge < -0.3 is 14.6 Å². The van der Waals surface area contributed by atoms with E-state index in [4.69, 9.17) is 0 Å². The van der Waals surface area contributed by atoms with Gasteiger partial charge in [-0.05, 0) is 11.8 Å². The monoisotopic (exact) mass is 292 g/mol. The van der Waals surface area contributed by atoms with Gasteiger partial charge in [0.25, 0.3) is 0 Å². The van der Waals surface area contributed by atoms with E-state index in [0.717, 1.165) is 31.0 Å². The number of aliphatic carboxylic acids is 1. The van der Waals surface area contributed by atoms with E-state index in [1.54, 1.807) is 11.9 Å². The van der Waals surface area contributed by atoms with Crippen LogP contribution in [0.4, 0.5) is 0 Å². The van der Waals surface area contributed by atoms with Gasteiger partial charge in [0.1, 0.15) is 5.82 Å². The zero-order chi connectivity index (χ0) is 15.4. The van der Waals surface area contributed by atoms with Crippen LogP contribution < -0.4 is 0 Å². The molecule has 7 nitrogen and oxygen atoms in total. The summed E-state index contributed by atoms with van der Waals surface area (Å²) < 4.78 is 2.05. The van der Waals surface area contributed by atoms with Crippen LogP contribution in [0.15, 0.2) is 0 Å². The summed E-state index contributed by atoms with van der Waals surface area (Å²) in [7, 11) is 1.70. The number of carbonyl (C=O) groups is 2. The molecule has 0 radical (unpaired) electrons. The quantitative estimate of drug-likeness (QED) is 0.875. The van der Waals surface area contributed by atoms with Crippen molar-refractivity contribution in [3.05, 3.63) is 11.6 Å². The van der Waals surface area contributed by atoms with Crippen molar-refractivity contribution >= 4 is 11.9 Å². The van der Waals surface area contributed by atoms with E-state index in [9.17, 15) is 14.7 Å². The second-order valence-electron chi connectivity index (χ2n) is 6.60. The average molecular weight is 292 g/mol. The summed E-state index contributed by atoms with van der Waals surface area (Å²) in [5.74, 6) is -0.292. The van der Waals surface area contributed by atoms with E-state index in [1.807, 2.05) is 13.8 Å². The first-order valence-electron chi connectivity index (χ1n) is 7.22. The highest BCUT2D eigenvalue weighted by molar-refractivity contribution is 5.91. The van der Waals surface area contributed by atoms with Crippen LogP contribution in [-0.4, -0.2) is 43.7 Å². The minimum Gasteiger partial charge on any atom is -0.481 e. The van der Waals surface area contributed by atoms with Crippen LogP contribution in [0.1, 0.15) is 31.9 Å². The van der Waals surface area contributed by atoms with Crippen molar-refractivity contribution in [2.45, 2.75) is 39.8 Å². The standard InChI is InChI=1S/C14H20N4O3/c1-14(2)10(11(14)13(20)21)12(19)17(3)7-9-16-15-8-5-4-6-18(8)9/h10-11H,4-7H2,1-3H3,(H,20,21)/t10-,11+/m1/s1. The Morgan fingerprint density at radius 1 is 1.38 bits per heavy atom. The SMILES string of the molecule is CN(Cc1nnc2n1CCC2)C(=O)[C@H]1[C@@H](C(=O)O)C1(C)C. The van der Waals surface area contributed by atoms with Gasteiger partial charge in [-0.1, -0.05) is 13.8 Å². The van der Waals surface area contributed by atoms with Crippen LogP contribution in [0.3, 0.4) is 0 Å². The Morgan fingerprint density at radius 3 is 2.71 bits per heavy atom. The van der Waals surface area contributed by atoms with Gasteiger partial charge in [0.2, 0.25) is 5.91 Å². The summed E-state index contributed by atoms with van der Waals surface area (Å²) in [5, 5.41) is 17.4. The van der Waals surface area contributed by atoms with E-state index in [1.165, 1.54) is 0 Å². The summed E-state index contributed by atoms with van der Waals surface area (Å²) in [5.41, 5.74) is -0.468. The third-order valence-corrected chi connectivity index (χ3v) is 4.80. The third kappa shape index (κ3) is 2.11. The first kappa shape index (κ1) is 14.0. The highest BCUT2D eigenvalue weighted by atomic mass is 16.4. The maximum Gasteiger partial charge on any atom is 0.307 e. The molecule has 1 fully saturated rings. The molecule has 1 N–H and O–H groups in total. The normalized spacial score (nSPS) is 25.5. The van der Waals surface area contributed by atoms with Crippen molar-refractivity contribution in [3.63, 3.8) is 0 Å². The topological polar surface area (TPSA) is 88.3 Å². The minimum absolute atomic E-state index is 0.122. The van der Waals surface area contributed by atoms with E-state index in [2.05, 4.69) is 14.8 Å². The van der Waals surface area contributed by atoms with Gasteiger partial charge in [-0.3, -0.25) is 9.59 Å². The second kappa shape index (κ2) is 4.54. The molecular weight excluding hydrogens is 272 g/mol. The summed E-state index contributed by atoms with van der Waals surface area (Å²) in [6, 6.07) is 0. The zero-order valence-electron chi connectivity index (χ0n) is 12.5. The Morgan fingerprint density at radius 2 is 2.10 bits per heavy atom. The molecule has 1 saturated carbocycles. The molecule has 1 amide bonds.